The first-order valence-electron chi connectivity index (χ1n) is 6.75. The number of hydrogen-bond donors (Lipinski definition) is 1. The van der Waals surface area contributed by atoms with E-state index in [1.54, 1.807) is 0 Å². The molecule has 0 aliphatic carbocycles. The minimum atomic E-state index is -0.306. The van der Waals surface area contributed by atoms with Gasteiger partial charge in [0, 0.05) is 30.6 Å². The number of carbonyl (C=O) groups is 1. The van der Waals surface area contributed by atoms with Crippen LogP contribution in [0.4, 0.5) is 0 Å². The Hall–Kier alpha value is -0.610. The molecule has 0 unspecified atom stereocenters. The van der Waals surface area contributed by atoms with Crippen LogP contribution in [0.15, 0.2) is 0 Å². The summed E-state index contributed by atoms with van der Waals surface area (Å²) in [5.74, 6) is 0.214. The number of nitrogens with one attached hydrogen (secondary N) is 1. The lowest BCUT2D eigenvalue weighted by Crippen LogP contribution is -2.53. The molecular weight excluding hydrogens is 228 g/mol. The van der Waals surface area contributed by atoms with Crippen molar-refractivity contribution in [3.8, 4) is 0 Å². The Kier molecular flexibility index (Phi) is 4.78. The third kappa shape index (κ3) is 4.94. The summed E-state index contributed by atoms with van der Waals surface area (Å²) >= 11 is 0. The number of amides is 1. The molecule has 1 N–H and O–H groups in total. The van der Waals surface area contributed by atoms with Crippen molar-refractivity contribution < 1.29 is 9.53 Å². The normalized spacial score (nSPS) is 22.1. The molecule has 1 amide bonds. The van der Waals surface area contributed by atoms with Crippen LogP contribution in [-0.4, -0.2) is 48.7 Å². The van der Waals surface area contributed by atoms with Crippen LogP contribution >= 0.6 is 0 Å². The maximum absolute atomic E-state index is 12.2. The summed E-state index contributed by atoms with van der Waals surface area (Å²) in [6, 6.07) is 0. The van der Waals surface area contributed by atoms with Crippen LogP contribution in [0.25, 0.3) is 0 Å². The zero-order valence-electron chi connectivity index (χ0n) is 12.7. The molecule has 106 valence electrons. The number of rotatable bonds is 2. The SMILES string of the molecule is CC(C)(C)NC[C@@H]1CN(C(=O)C(C)(C)C)CCO1. The Balaban J connectivity index is 2.49. The first kappa shape index (κ1) is 15.4. The molecule has 0 aromatic rings. The molecule has 0 saturated carbocycles. The highest BCUT2D eigenvalue weighted by molar-refractivity contribution is 5.81. The van der Waals surface area contributed by atoms with Crippen molar-refractivity contribution in [1.82, 2.24) is 10.2 Å². The summed E-state index contributed by atoms with van der Waals surface area (Å²) in [5, 5.41) is 3.43. The average Bonchev–Trinajstić information content (AvgIpc) is 2.23. The number of morpholine rings is 1. The molecule has 1 atom stereocenters. The standard InChI is InChI=1S/C14H28N2O2/c1-13(2,3)12(17)16-7-8-18-11(10-16)9-15-14(4,5)6/h11,15H,7-10H2,1-6H3/t11-/m1/s1. The summed E-state index contributed by atoms with van der Waals surface area (Å²) < 4.78 is 5.71. The highest BCUT2D eigenvalue weighted by Gasteiger charge is 2.31. The van der Waals surface area contributed by atoms with Gasteiger partial charge in [0.25, 0.3) is 0 Å². The van der Waals surface area contributed by atoms with Crippen molar-refractivity contribution in [2.75, 3.05) is 26.2 Å². The predicted octanol–water partition coefficient (Wildman–Crippen LogP) is 1.65. The smallest absolute Gasteiger partial charge is 0.228 e. The van der Waals surface area contributed by atoms with Crippen molar-refractivity contribution in [2.24, 2.45) is 5.41 Å². The topological polar surface area (TPSA) is 41.6 Å². The molecule has 18 heavy (non-hydrogen) atoms. The van der Waals surface area contributed by atoms with E-state index in [4.69, 9.17) is 4.74 Å². The molecule has 1 fully saturated rings. The lowest BCUT2D eigenvalue weighted by atomic mass is 9.94. The van der Waals surface area contributed by atoms with E-state index in [2.05, 4.69) is 26.1 Å². The van der Waals surface area contributed by atoms with Crippen molar-refractivity contribution in [2.45, 2.75) is 53.2 Å². The molecule has 0 bridgehead atoms. The van der Waals surface area contributed by atoms with Gasteiger partial charge in [0.2, 0.25) is 5.91 Å². The number of ether oxygens (including phenoxy) is 1. The van der Waals surface area contributed by atoms with E-state index in [0.29, 0.717) is 19.7 Å². The lowest BCUT2D eigenvalue weighted by Gasteiger charge is -2.37. The maximum Gasteiger partial charge on any atom is 0.228 e. The Morgan fingerprint density at radius 1 is 1.28 bits per heavy atom. The van der Waals surface area contributed by atoms with Crippen molar-refractivity contribution in [1.29, 1.82) is 0 Å². The van der Waals surface area contributed by atoms with E-state index in [0.717, 1.165) is 6.54 Å². The van der Waals surface area contributed by atoms with Gasteiger partial charge in [-0.2, -0.15) is 0 Å². The summed E-state index contributed by atoms with van der Waals surface area (Å²) in [6.07, 6.45) is 0.101. The van der Waals surface area contributed by atoms with Gasteiger partial charge in [-0.25, -0.2) is 0 Å². The van der Waals surface area contributed by atoms with Crippen LogP contribution in [0.5, 0.6) is 0 Å². The first-order chi connectivity index (χ1) is 8.09. The van der Waals surface area contributed by atoms with Crippen LogP contribution in [0.1, 0.15) is 41.5 Å². The molecule has 1 aliphatic heterocycles. The van der Waals surface area contributed by atoms with Crippen molar-refractivity contribution >= 4 is 5.91 Å². The number of nitrogens with zero attached hydrogens (tertiary/aromatic N) is 1. The molecule has 1 saturated heterocycles. The Bertz CT molecular complexity index is 289. The molecule has 4 nitrogen and oxygen atoms in total. The van der Waals surface area contributed by atoms with Gasteiger partial charge in [-0.3, -0.25) is 4.79 Å². The fourth-order valence-electron chi connectivity index (χ4n) is 1.92. The second kappa shape index (κ2) is 5.57. The fraction of sp³-hybridized carbons (Fsp3) is 0.929. The average molecular weight is 256 g/mol. The molecule has 1 rings (SSSR count). The highest BCUT2D eigenvalue weighted by Crippen LogP contribution is 2.19. The second-order valence-electron chi connectivity index (χ2n) is 7.12. The largest absolute Gasteiger partial charge is 0.373 e. The first-order valence-corrected chi connectivity index (χ1v) is 6.75. The van der Waals surface area contributed by atoms with Crippen LogP contribution < -0.4 is 5.32 Å². The van der Waals surface area contributed by atoms with Gasteiger partial charge in [0.1, 0.15) is 0 Å². The molecule has 4 heteroatoms. The Morgan fingerprint density at radius 2 is 1.89 bits per heavy atom. The van der Waals surface area contributed by atoms with Gasteiger partial charge in [-0.05, 0) is 20.8 Å². The third-order valence-electron chi connectivity index (χ3n) is 2.93. The van der Waals surface area contributed by atoms with Crippen LogP contribution in [0.2, 0.25) is 0 Å². The predicted molar refractivity (Wildman–Crippen MR) is 73.5 cm³/mol. The zero-order chi connectivity index (χ0) is 14.0. The lowest BCUT2D eigenvalue weighted by molar-refractivity contribution is -0.146. The van der Waals surface area contributed by atoms with E-state index in [1.807, 2.05) is 25.7 Å². The molecule has 0 aromatic heterocycles. The third-order valence-corrected chi connectivity index (χ3v) is 2.93. The quantitative estimate of drug-likeness (QED) is 0.817. The Morgan fingerprint density at radius 3 is 2.39 bits per heavy atom. The zero-order valence-corrected chi connectivity index (χ0v) is 12.7. The minimum Gasteiger partial charge on any atom is -0.373 e. The van der Waals surface area contributed by atoms with Gasteiger partial charge in [0.15, 0.2) is 0 Å². The summed E-state index contributed by atoms with van der Waals surface area (Å²) in [7, 11) is 0. The number of hydrogen-bond acceptors (Lipinski definition) is 3. The summed E-state index contributed by atoms with van der Waals surface area (Å²) in [5.41, 5.74) is -0.223. The monoisotopic (exact) mass is 256 g/mol. The molecule has 1 aliphatic rings. The molecular formula is C14H28N2O2. The molecule has 1 heterocycles. The molecule has 0 radical (unpaired) electrons. The van der Waals surface area contributed by atoms with E-state index < -0.39 is 0 Å². The van der Waals surface area contributed by atoms with E-state index in [9.17, 15) is 4.79 Å². The number of carbonyl (C=O) groups excluding carboxylic acids is 1. The van der Waals surface area contributed by atoms with Gasteiger partial charge >= 0.3 is 0 Å². The van der Waals surface area contributed by atoms with E-state index >= 15 is 0 Å². The van der Waals surface area contributed by atoms with E-state index in [-0.39, 0.29) is 23.0 Å². The van der Waals surface area contributed by atoms with Crippen LogP contribution in [-0.2, 0) is 9.53 Å². The minimum absolute atomic E-state index is 0.0830. The summed E-state index contributed by atoms with van der Waals surface area (Å²) in [4.78, 5) is 14.1. The molecule has 0 aromatic carbocycles. The van der Waals surface area contributed by atoms with Crippen LogP contribution in [0, 0.1) is 5.41 Å². The van der Waals surface area contributed by atoms with Crippen molar-refractivity contribution in [3.05, 3.63) is 0 Å². The maximum atomic E-state index is 12.2. The highest BCUT2D eigenvalue weighted by atomic mass is 16.5. The van der Waals surface area contributed by atoms with Crippen molar-refractivity contribution in [3.63, 3.8) is 0 Å². The fourth-order valence-corrected chi connectivity index (χ4v) is 1.92. The Labute approximate surface area is 111 Å². The van der Waals surface area contributed by atoms with Gasteiger partial charge < -0.3 is 15.0 Å². The van der Waals surface area contributed by atoms with Gasteiger partial charge in [-0.1, -0.05) is 20.8 Å². The second-order valence-corrected chi connectivity index (χ2v) is 7.12. The van der Waals surface area contributed by atoms with E-state index in [1.165, 1.54) is 0 Å². The van der Waals surface area contributed by atoms with Gasteiger partial charge in [-0.15, -0.1) is 0 Å². The summed E-state index contributed by atoms with van der Waals surface area (Å²) in [6.45, 7) is 15.1. The molecule has 0 spiro atoms. The van der Waals surface area contributed by atoms with Crippen LogP contribution in [0.3, 0.4) is 0 Å². The van der Waals surface area contributed by atoms with Gasteiger partial charge in [0.05, 0.1) is 12.7 Å².